The van der Waals surface area contributed by atoms with Gasteiger partial charge in [0.05, 0.1) is 0 Å². The summed E-state index contributed by atoms with van der Waals surface area (Å²) >= 11 is 0. The number of aliphatic hydroxyl groups is 1. The van der Waals surface area contributed by atoms with Gasteiger partial charge in [-0.1, -0.05) is 60.7 Å². The summed E-state index contributed by atoms with van der Waals surface area (Å²) in [5.74, 6) is -6.83. The van der Waals surface area contributed by atoms with Crippen molar-refractivity contribution in [1.82, 2.24) is 5.32 Å². The molecule has 0 bridgehead atoms. The number of benzene rings is 2. The first-order valence-corrected chi connectivity index (χ1v) is 8.64. The third-order valence-electron chi connectivity index (χ3n) is 4.03. The Morgan fingerprint density at radius 1 is 1.03 bits per heavy atom. The molecule has 0 saturated heterocycles. The second kappa shape index (κ2) is 11.5. The van der Waals surface area contributed by atoms with Crippen LogP contribution < -0.4 is 11.1 Å². The number of amides is 1. The molecule has 0 heterocycles. The highest BCUT2D eigenvalue weighted by Crippen LogP contribution is 2.22. The average Bonchev–Trinajstić information content (AvgIpc) is 2.71. The van der Waals surface area contributed by atoms with Crippen LogP contribution in [-0.4, -0.2) is 41.6 Å². The third-order valence-corrected chi connectivity index (χ3v) is 4.03. The zero-order chi connectivity index (χ0) is 20.6. The lowest BCUT2D eigenvalue weighted by atomic mass is 9.97. The molecule has 1 amide bonds. The van der Waals surface area contributed by atoms with Crippen LogP contribution in [0.3, 0.4) is 0 Å². The van der Waals surface area contributed by atoms with Crippen molar-refractivity contribution in [3.63, 3.8) is 0 Å². The van der Waals surface area contributed by atoms with Crippen molar-refractivity contribution in [3.05, 3.63) is 71.8 Å². The highest BCUT2D eigenvalue weighted by atomic mass is 35.5. The van der Waals surface area contributed by atoms with Gasteiger partial charge in [0.2, 0.25) is 0 Å². The van der Waals surface area contributed by atoms with Crippen LogP contribution in [0.15, 0.2) is 60.7 Å². The fourth-order valence-corrected chi connectivity index (χ4v) is 2.46. The van der Waals surface area contributed by atoms with Gasteiger partial charge in [0.25, 0.3) is 5.91 Å². The number of esters is 1. The fraction of sp³-hybridized carbons (Fsp3) is 0.300. The summed E-state index contributed by atoms with van der Waals surface area (Å²) in [6.07, 6.45) is -2.45. The molecular weight excluding hydrogens is 406 g/mol. The van der Waals surface area contributed by atoms with Crippen molar-refractivity contribution in [3.8, 4) is 0 Å². The first kappa shape index (κ1) is 24.5. The molecule has 0 saturated carbocycles. The lowest BCUT2D eigenvalue weighted by Crippen LogP contribution is -2.56. The molecule has 2 rings (SSSR count). The van der Waals surface area contributed by atoms with Gasteiger partial charge in [0.15, 0.2) is 0 Å². The van der Waals surface area contributed by atoms with Crippen LogP contribution in [0.2, 0.25) is 0 Å². The van der Waals surface area contributed by atoms with E-state index in [9.17, 15) is 23.5 Å². The van der Waals surface area contributed by atoms with Crippen LogP contribution >= 0.6 is 12.4 Å². The number of nitrogens with one attached hydrogen (secondary N) is 1. The molecule has 0 fully saturated rings. The lowest BCUT2D eigenvalue weighted by molar-refractivity contribution is -0.167. The molecule has 0 aliphatic carbocycles. The summed E-state index contributed by atoms with van der Waals surface area (Å²) in [5.41, 5.74) is 7.00. The molecule has 0 radical (unpaired) electrons. The van der Waals surface area contributed by atoms with E-state index >= 15 is 0 Å². The third kappa shape index (κ3) is 7.41. The maximum atomic E-state index is 14.2. The summed E-state index contributed by atoms with van der Waals surface area (Å²) in [7, 11) is 0. The maximum Gasteiger partial charge on any atom is 0.351 e. The molecule has 0 aromatic heterocycles. The van der Waals surface area contributed by atoms with Crippen molar-refractivity contribution in [2.75, 3.05) is 6.54 Å². The molecule has 0 unspecified atom stereocenters. The molecule has 158 valence electrons. The van der Waals surface area contributed by atoms with E-state index in [4.69, 9.17) is 10.5 Å². The number of aliphatic hydroxyl groups excluding tert-OH is 1. The molecule has 9 heteroatoms. The number of hydrogen-bond acceptors (Lipinski definition) is 5. The Bertz CT molecular complexity index is 779. The van der Waals surface area contributed by atoms with Crippen LogP contribution in [0.25, 0.3) is 0 Å². The summed E-state index contributed by atoms with van der Waals surface area (Å²) in [6.45, 7) is -0.793. The summed E-state index contributed by atoms with van der Waals surface area (Å²) in [5, 5.41) is 11.6. The minimum atomic E-state index is -4.16. The van der Waals surface area contributed by atoms with Crippen molar-refractivity contribution in [1.29, 1.82) is 0 Å². The Balaban J connectivity index is 0.00000420. The van der Waals surface area contributed by atoms with Crippen LogP contribution in [0.5, 0.6) is 0 Å². The molecule has 29 heavy (non-hydrogen) atoms. The van der Waals surface area contributed by atoms with Crippen molar-refractivity contribution in [2.45, 2.75) is 31.1 Å². The quantitative estimate of drug-likeness (QED) is 0.529. The predicted molar refractivity (Wildman–Crippen MR) is 106 cm³/mol. The molecule has 2 atom stereocenters. The predicted octanol–water partition coefficient (Wildman–Crippen LogP) is 1.83. The minimum absolute atomic E-state index is 0. The van der Waals surface area contributed by atoms with E-state index < -0.39 is 36.5 Å². The molecule has 4 N–H and O–H groups in total. The Labute approximate surface area is 173 Å². The van der Waals surface area contributed by atoms with E-state index in [2.05, 4.69) is 0 Å². The van der Waals surface area contributed by atoms with Crippen LogP contribution in [0.1, 0.15) is 11.1 Å². The van der Waals surface area contributed by atoms with Crippen molar-refractivity contribution >= 4 is 24.3 Å². The molecule has 2 aromatic carbocycles. The number of alkyl halides is 2. The number of halogens is 3. The van der Waals surface area contributed by atoms with Gasteiger partial charge in [-0.3, -0.25) is 9.59 Å². The number of carbonyl (C=O) groups is 2. The molecule has 0 spiro atoms. The summed E-state index contributed by atoms with van der Waals surface area (Å²) in [4.78, 5) is 23.4. The van der Waals surface area contributed by atoms with E-state index in [1.807, 2.05) is 0 Å². The number of carbonyl (C=O) groups excluding carboxylic acids is 2. The van der Waals surface area contributed by atoms with Gasteiger partial charge in [-0.2, -0.15) is 8.78 Å². The monoisotopic (exact) mass is 428 g/mol. The number of ether oxygens (including phenoxy) is 1. The second-order valence-corrected chi connectivity index (χ2v) is 6.25. The minimum Gasteiger partial charge on any atom is -0.460 e. The topological polar surface area (TPSA) is 102 Å². The Morgan fingerprint density at radius 3 is 2.10 bits per heavy atom. The van der Waals surface area contributed by atoms with Gasteiger partial charge in [-0.25, -0.2) is 0 Å². The van der Waals surface area contributed by atoms with E-state index in [-0.39, 0.29) is 25.4 Å². The Morgan fingerprint density at radius 2 is 1.55 bits per heavy atom. The second-order valence-electron chi connectivity index (χ2n) is 6.25. The zero-order valence-corrected chi connectivity index (χ0v) is 16.3. The smallest absolute Gasteiger partial charge is 0.351 e. The van der Waals surface area contributed by atoms with E-state index in [1.165, 1.54) is 0 Å². The van der Waals surface area contributed by atoms with Gasteiger partial charge < -0.3 is 20.9 Å². The van der Waals surface area contributed by atoms with Crippen LogP contribution in [0.4, 0.5) is 8.78 Å². The number of rotatable bonds is 9. The zero-order valence-electron chi connectivity index (χ0n) is 15.5. The van der Waals surface area contributed by atoms with Gasteiger partial charge >= 0.3 is 11.9 Å². The largest absolute Gasteiger partial charge is 0.460 e. The lowest BCUT2D eigenvalue weighted by Gasteiger charge is -2.26. The van der Waals surface area contributed by atoms with Gasteiger partial charge in [0.1, 0.15) is 19.3 Å². The summed E-state index contributed by atoms with van der Waals surface area (Å²) < 4.78 is 33.2. The molecule has 0 aliphatic heterocycles. The van der Waals surface area contributed by atoms with Crippen LogP contribution in [0, 0.1) is 0 Å². The van der Waals surface area contributed by atoms with E-state index in [0.717, 1.165) is 5.56 Å². The van der Waals surface area contributed by atoms with Crippen LogP contribution in [-0.2, 0) is 27.4 Å². The fourth-order valence-electron chi connectivity index (χ4n) is 2.46. The summed E-state index contributed by atoms with van der Waals surface area (Å²) in [6, 6.07) is 15.9. The van der Waals surface area contributed by atoms with Gasteiger partial charge in [-0.05, 0) is 17.5 Å². The number of nitrogens with two attached hydrogens (primary N) is 1. The van der Waals surface area contributed by atoms with Crippen molar-refractivity contribution in [2.24, 2.45) is 5.73 Å². The molecule has 0 aliphatic rings. The highest BCUT2D eigenvalue weighted by Gasteiger charge is 2.49. The standard InChI is InChI=1S/C20H22F2N2O4.ClH/c21-20(22,18(26)16(23)11-14-7-3-1-4-8-14)19(27)24-12-17(25)28-13-15-9-5-2-6-10-15;/h1-10,16,18,26H,11-13,23H2,(H,24,27);1H/t16-,18+;/m0./s1. The number of hydrogen-bond donors (Lipinski definition) is 3. The Hall–Kier alpha value is -2.55. The maximum absolute atomic E-state index is 14.2. The van der Waals surface area contributed by atoms with Crippen molar-refractivity contribution < 1.29 is 28.2 Å². The van der Waals surface area contributed by atoms with E-state index in [1.54, 1.807) is 66.0 Å². The highest BCUT2D eigenvalue weighted by molar-refractivity contribution is 5.87. The van der Waals surface area contributed by atoms with E-state index in [0.29, 0.717) is 5.56 Å². The molecule has 2 aromatic rings. The van der Waals surface area contributed by atoms with Gasteiger partial charge in [-0.15, -0.1) is 12.4 Å². The average molecular weight is 429 g/mol. The van der Waals surface area contributed by atoms with Gasteiger partial charge in [0, 0.05) is 6.04 Å². The molecule has 6 nitrogen and oxygen atoms in total. The SMILES string of the molecule is Cl.N[C@@H](Cc1ccccc1)[C@@H](O)C(F)(F)C(=O)NCC(=O)OCc1ccccc1. The molecular formula is C20H23ClF2N2O4. The first-order valence-electron chi connectivity index (χ1n) is 8.64. The first-order chi connectivity index (χ1) is 13.3. The Kier molecular flexibility index (Phi) is 9.67. The normalized spacial score (nSPS) is 13.0.